The van der Waals surface area contributed by atoms with Crippen LogP contribution in [0.5, 0.6) is 0 Å². The molecule has 0 spiro atoms. The number of hydrogen-bond acceptors (Lipinski definition) is 5. The molecule has 1 aromatic rings. The third-order valence-electron chi connectivity index (χ3n) is 3.05. The van der Waals surface area contributed by atoms with Gasteiger partial charge < -0.3 is 5.32 Å². The van der Waals surface area contributed by atoms with Crippen molar-refractivity contribution in [1.29, 1.82) is 0 Å². The summed E-state index contributed by atoms with van der Waals surface area (Å²) in [4.78, 5) is 11.8. The third-order valence-corrected chi connectivity index (χ3v) is 6.01. The predicted octanol–water partition coefficient (Wildman–Crippen LogP) is -0.523. The van der Waals surface area contributed by atoms with Crippen molar-refractivity contribution in [3.05, 3.63) is 4.60 Å². The van der Waals surface area contributed by atoms with E-state index >= 15 is 0 Å². The molecular formula is C9H14BrN5O3S. The van der Waals surface area contributed by atoms with Crippen LogP contribution in [0.1, 0.15) is 13.8 Å². The average Bonchev–Trinajstić information content (AvgIpc) is 2.62. The van der Waals surface area contributed by atoms with Gasteiger partial charge in [0.2, 0.25) is 10.9 Å². The highest BCUT2D eigenvalue weighted by molar-refractivity contribution is 9.10. The molecule has 1 saturated heterocycles. The molecule has 1 aliphatic rings. The molecular weight excluding hydrogens is 338 g/mol. The Hall–Kier alpha value is -1.00. The Morgan fingerprint density at radius 1 is 1.42 bits per heavy atom. The van der Waals surface area contributed by atoms with Crippen LogP contribution in [0.25, 0.3) is 0 Å². The molecule has 1 aliphatic heterocycles. The predicted molar refractivity (Wildman–Crippen MR) is 69.7 cm³/mol. The highest BCUT2D eigenvalue weighted by Gasteiger charge is 2.46. The molecule has 1 N–H and O–H groups in total. The minimum absolute atomic E-state index is 0.0599. The molecule has 0 aliphatic carbocycles. The maximum Gasteiger partial charge on any atom is 0.264 e. The van der Waals surface area contributed by atoms with E-state index < -0.39 is 15.6 Å². The Kier molecular flexibility index (Phi) is 3.43. The quantitative estimate of drug-likeness (QED) is 0.772. The van der Waals surface area contributed by atoms with Crippen LogP contribution < -0.4 is 5.32 Å². The highest BCUT2D eigenvalue weighted by Crippen LogP contribution is 2.29. The van der Waals surface area contributed by atoms with Crippen molar-refractivity contribution in [2.75, 3.05) is 13.1 Å². The summed E-state index contributed by atoms with van der Waals surface area (Å²) >= 11 is 3.07. The molecule has 0 radical (unpaired) electrons. The first-order valence-corrected chi connectivity index (χ1v) is 7.78. The summed E-state index contributed by atoms with van der Waals surface area (Å²) in [6, 6.07) is 0. The van der Waals surface area contributed by atoms with Crippen molar-refractivity contribution in [3.63, 3.8) is 0 Å². The van der Waals surface area contributed by atoms with Crippen LogP contribution in [0, 0.1) is 0 Å². The van der Waals surface area contributed by atoms with Gasteiger partial charge in [0, 0.05) is 20.1 Å². The summed E-state index contributed by atoms with van der Waals surface area (Å²) < 4.78 is 27.8. The number of carbonyl (C=O) groups is 1. The second-order valence-corrected chi connectivity index (χ2v) is 7.23. The van der Waals surface area contributed by atoms with Crippen LogP contribution in [-0.2, 0) is 21.9 Å². The number of rotatable bonds is 2. The summed E-state index contributed by atoms with van der Waals surface area (Å²) in [5.41, 5.74) is -1.15. The highest BCUT2D eigenvalue weighted by atomic mass is 79.9. The molecule has 1 amide bonds. The zero-order valence-electron chi connectivity index (χ0n) is 10.7. The van der Waals surface area contributed by atoms with E-state index in [4.69, 9.17) is 0 Å². The summed E-state index contributed by atoms with van der Waals surface area (Å²) in [6.07, 6.45) is 0. The van der Waals surface area contributed by atoms with Gasteiger partial charge in [0.1, 0.15) is 5.54 Å². The van der Waals surface area contributed by atoms with Gasteiger partial charge in [-0.15, -0.1) is 5.10 Å². The van der Waals surface area contributed by atoms with Gasteiger partial charge in [-0.3, -0.25) is 4.79 Å². The Morgan fingerprint density at radius 2 is 2.05 bits per heavy atom. The Bertz CT molecular complexity index is 604. The molecule has 0 bridgehead atoms. The largest absolute Gasteiger partial charge is 0.353 e. The lowest BCUT2D eigenvalue weighted by Crippen LogP contribution is -2.63. The smallest absolute Gasteiger partial charge is 0.264 e. The summed E-state index contributed by atoms with van der Waals surface area (Å²) in [5.74, 6) is -0.325. The lowest BCUT2D eigenvalue weighted by molar-refractivity contribution is -0.131. The number of amides is 1. The molecule has 8 nitrogen and oxygen atoms in total. The van der Waals surface area contributed by atoms with E-state index in [0.717, 1.165) is 0 Å². The van der Waals surface area contributed by atoms with Crippen molar-refractivity contribution in [2.45, 2.75) is 24.4 Å². The minimum Gasteiger partial charge on any atom is -0.353 e. The van der Waals surface area contributed by atoms with Gasteiger partial charge in [-0.05, 0) is 29.8 Å². The Balaban J connectivity index is 2.54. The summed E-state index contributed by atoms with van der Waals surface area (Å²) in [5, 5.41) is 9.92. The molecule has 0 aromatic carbocycles. The normalized spacial score (nSPS) is 20.3. The first kappa shape index (κ1) is 14.4. The van der Waals surface area contributed by atoms with Gasteiger partial charge in [-0.2, -0.15) is 4.31 Å². The second-order valence-electron chi connectivity index (χ2n) is 4.70. The number of aryl methyl sites for hydroxylation is 1. The molecule has 19 heavy (non-hydrogen) atoms. The number of nitrogens with zero attached hydrogens (tertiary/aromatic N) is 4. The van der Waals surface area contributed by atoms with Crippen molar-refractivity contribution in [3.8, 4) is 0 Å². The number of halogens is 1. The van der Waals surface area contributed by atoms with E-state index in [1.165, 1.54) is 16.0 Å². The Morgan fingerprint density at radius 3 is 2.58 bits per heavy atom. The van der Waals surface area contributed by atoms with Crippen LogP contribution in [0.4, 0.5) is 0 Å². The third kappa shape index (κ3) is 2.17. The molecule has 0 unspecified atom stereocenters. The van der Waals surface area contributed by atoms with Crippen molar-refractivity contribution in [2.24, 2.45) is 7.05 Å². The number of nitrogens with one attached hydrogen (secondary N) is 1. The molecule has 0 atom stereocenters. The van der Waals surface area contributed by atoms with Crippen molar-refractivity contribution < 1.29 is 13.2 Å². The molecule has 106 valence electrons. The minimum atomic E-state index is -3.86. The monoisotopic (exact) mass is 351 g/mol. The van der Waals surface area contributed by atoms with Gasteiger partial charge >= 0.3 is 0 Å². The molecule has 2 rings (SSSR count). The fourth-order valence-corrected chi connectivity index (χ4v) is 4.79. The molecule has 2 heterocycles. The maximum atomic E-state index is 12.7. The fraction of sp³-hybridized carbons (Fsp3) is 0.667. The number of piperazine rings is 1. The first-order chi connectivity index (χ1) is 8.69. The molecule has 1 aromatic heterocycles. The van der Waals surface area contributed by atoms with Crippen molar-refractivity contribution in [1.82, 2.24) is 24.6 Å². The standard InChI is InChI=1S/C9H14BrN5O3S/c1-9(2)8(16)11-4-5-15(9)19(17,18)7-6(10)12-13-14(7)3/h4-5H2,1-3H3,(H,11,16). The van der Waals surface area contributed by atoms with Gasteiger partial charge in [0.15, 0.2) is 4.60 Å². The molecule has 1 fully saturated rings. The molecule has 0 saturated carbocycles. The van der Waals surface area contributed by atoms with E-state index in [-0.39, 0.29) is 28.6 Å². The van der Waals surface area contributed by atoms with E-state index in [1.54, 1.807) is 13.8 Å². The van der Waals surface area contributed by atoms with Crippen molar-refractivity contribution >= 4 is 31.9 Å². The van der Waals surface area contributed by atoms with Gasteiger partial charge in [-0.25, -0.2) is 13.1 Å². The van der Waals surface area contributed by atoms with Crippen LogP contribution in [0.2, 0.25) is 0 Å². The van der Waals surface area contributed by atoms with Gasteiger partial charge in [0.05, 0.1) is 0 Å². The zero-order valence-corrected chi connectivity index (χ0v) is 13.1. The Labute approximate surface area is 119 Å². The van der Waals surface area contributed by atoms with Crippen LogP contribution in [0.15, 0.2) is 9.63 Å². The summed E-state index contributed by atoms with van der Waals surface area (Å²) in [6.45, 7) is 3.62. The number of sulfonamides is 1. The van der Waals surface area contributed by atoms with E-state index in [1.807, 2.05) is 0 Å². The number of hydrogen-bond donors (Lipinski definition) is 1. The van der Waals surface area contributed by atoms with E-state index in [0.29, 0.717) is 0 Å². The first-order valence-electron chi connectivity index (χ1n) is 5.55. The topological polar surface area (TPSA) is 97.2 Å². The van der Waals surface area contributed by atoms with Crippen LogP contribution in [0.3, 0.4) is 0 Å². The van der Waals surface area contributed by atoms with Crippen LogP contribution >= 0.6 is 15.9 Å². The lowest BCUT2D eigenvalue weighted by Gasteiger charge is -2.39. The van der Waals surface area contributed by atoms with E-state index in [9.17, 15) is 13.2 Å². The zero-order chi connectivity index (χ0) is 14.4. The maximum absolute atomic E-state index is 12.7. The van der Waals surface area contributed by atoms with E-state index in [2.05, 4.69) is 31.6 Å². The van der Waals surface area contributed by atoms with Gasteiger partial charge in [-0.1, -0.05) is 5.21 Å². The van der Waals surface area contributed by atoms with Gasteiger partial charge in [0.25, 0.3) is 10.0 Å². The van der Waals surface area contributed by atoms with Crippen LogP contribution in [-0.4, -0.2) is 52.3 Å². The number of aromatic nitrogens is 3. The number of carbonyl (C=O) groups excluding carboxylic acids is 1. The average molecular weight is 352 g/mol. The lowest BCUT2D eigenvalue weighted by atomic mass is 10.0. The molecule has 10 heteroatoms. The SMILES string of the molecule is Cn1nnc(Br)c1S(=O)(=O)N1CCNC(=O)C1(C)C. The summed E-state index contributed by atoms with van der Waals surface area (Å²) in [7, 11) is -2.37. The second kappa shape index (κ2) is 4.53. The fourth-order valence-electron chi connectivity index (χ4n) is 2.00.